The number of guanidine groups is 1. The van der Waals surface area contributed by atoms with Crippen LogP contribution in [0.3, 0.4) is 0 Å². The lowest BCUT2D eigenvalue weighted by Crippen LogP contribution is -2.40. The quantitative estimate of drug-likeness (QED) is 0.386. The molecule has 1 heterocycles. The Kier molecular flexibility index (Phi) is 8.14. The number of nitrogens with zero attached hydrogens (tertiary/aromatic N) is 2. The van der Waals surface area contributed by atoms with Gasteiger partial charge < -0.3 is 10.2 Å². The van der Waals surface area contributed by atoms with E-state index < -0.39 is 10.0 Å². The molecule has 1 aliphatic rings. The van der Waals surface area contributed by atoms with E-state index in [1.165, 1.54) is 7.05 Å². The predicted molar refractivity (Wildman–Crippen MR) is 113 cm³/mol. The first kappa shape index (κ1) is 22.2. The smallest absolute Gasteiger partial charge is 0.240 e. The van der Waals surface area contributed by atoms with Crippen molar-refractivity contribution in [3.8, 4) is 0 Å². The molecule has 0 amide bonds. The van der Waals surface area contributed by atoms with E-state index in [-0.39, 0.29) is 28.9 Å². The average molecular weight is 480 g/mol. The summed E-state index contributed by atoms with van der Waals surface area (Å²) in [6.07, 6.45) is 1.15. The number of hydrogen-bond donors (Lipinski definition) is 2. The summed E-state index contributed by atoms with van der Waals surface area (Å²) in [6, 6.07) is 6.91. The normalized spacial score (nSPS) is 17.3. The Morgan fingerprint density at radius 3 is 2.64 bits per heavy atom. The third kappa shape index (κ3) is 6.10. The molecule has 0 atom stereocenters. The minimum atomic E-state index is -3.43. The standard InChI is InChI=1S/C17H28N4O2S.HI/c1-5-19-16(21-10-9-17(2,3)13-21)20-12-14-7-6-8-15(11-14)24(22,23)18-4;/h6-8,11,18H,5,9-10,12-13H2,1-4H3,(H,19,20);1H. The van der Waals surface area contributed by atoms with Gasteiger partial charge in [-0.05, 0) is 43.5 Å². The van der Waals surface area contributed by atoms with Gasteiger partial charge in [0.2, 0.25) is 10.0 Å². The predicted octanol–water partition coefficient (Wildman–Crippen LogP) is 2.41. The summed E-state index contributed by atoms with van der Waals surface area (Å²) in [7, 11) is -2.01. The lowest BCUT2D eigenvalue weighted by molar-refractivity contribution is 0.370. The van der Waals surface area contributed by atoms with Crippen LogP contribution >= 0.6 is 24.0 Å². The zero-order valence-electron chi connectivity index (χ0n) is 15.4. The van der Waals surface area contributed by atoms with Crippen LogP contribution in [0.2, 0.25) is 0 Å². The molecule has 1 aromatic carbocycles. The summed E-state index contributed by atoms with van der Waals surface area (Å²) in [4.78, 5) is 7.24. The van der Waals surface area contributed by atoms with Crippen LogP contribution < -0.4 is 10.0 Å². The second kappa shape index (κ2) is 9.18. The van der Waals surface area contributed by atoms with Gasteiger partial charge in [-0.1, -0.05) is 26.0 Å². The maximum atomic E-state index is 11.9. The van der Waals surface area contributed by atoms with Crippen LogP contribution in [0, 0.1) is 5.41 Å². The van der Waals surface area contributed by atoms with Gasteiger partial charge in [0.25, 0.3) is 0 Å². The fraction of sp³-hybridized carbons (Fsp3) is 0.588. The van der Waals surface area contributed by atoms with Crippen LogP contribution in [-0.2, 0) is 16.6 Å². The molecule has 1 aliphatic heterocycles. The number of likely N-dealkylation sites (tertiary alicyclic amines) is 1. The highest BCUT2D eigenvalue weighted by molar-refractivity contribution is 14.0. The maximum Gasteiger partial charge on any atom is 0.240 e. The molecule has 0 saturated carbocycles. The Morgan fingerprint density at radius 2 is 2.08 bits per heavy atom. The second-order valence-electron chi connectivity index (χ2n) is 6.86. The maximum absolute atomic E-state index is 11.9. The van der Waals surface area contributed by atoms with Crippen molar-refractivity contribution in [3.05, 3.63) is 29.8 Å². The van der Waals surface area contributed by atoms with E-state index in [2.05, 4.69) is 35.7 Å². The minimum Gasteiger partial charge on any atom is -0.357 e. The monoisotopic (exact) mass is 480 g/mol. The van der Waals surface area contributed by atoms with Gasteiger partial charge in [0.1, 0.15) is 0 Å². The van der Waals surface area contributed by atoms with Gasteiger partial charge >= 0.3 is 0 Å². The number of aliphatic imine (C=N–C) groups is 1. The highest BCUT2D eigenvalue weighted by atomic mass is 127. The van der Waals surface area contributed by atoms with Crippen LogP contribution in [0.5, 0.6) is 0 Å². The number of benzene rings is 1. The van der Waals surface area contributed by atoms with Gasteiger partial charge in [-0.3, -0.25) is 0 Å². The Hall–Kier alpha value is -0.870. The van der Waals surface area contributed by atoms with E-state index in [1.807, 2.05) is 6.07 Å². The summed E-state index contributed by atoms with van der Waals surface area (Å²) in [6.45, 7) is 9.82. The number of rotatable bonds is 5. The molecular weight excluding hydrogens is 451 g/mol. The van der Waals surface area contributed by atoms with Crippen molar-refractivity contribution in [2.75, 3.05) is 26.7 Å². The summed E-state index contributed by atoms with van der Waals surface area (Å²) < 4.78 is 26.2. The number of halogens is 1. The van der Waals surface area contributed by atoms with Crippen LogP contribution in [0.1, 0.15) is 32.8 Å². The molecule has 2 rings (SSSR count). The third-order valence-electron chi connectivity index (χ3n) is 4.20. The van der Waals surface area contributed by atoms with Crippen molar-refractivity contribution >= 4 is 40.0 Å². The minimum absolute atomic E-state index is 0. The fourth-order valence-corrected chi connectivity index (χ4v) is 3.61. The molecule has 2 N–H and O–H groups in total. The molecule has 25 heavy (non-hydrogen) atoms. The molecule has 142 valence electrons. The molecule has 0 unspecified atom stereocenters. The number of hydrogen-bond acceptors (Lipinski definition) is 3. The van der Waals surface area contributed by atoms with E-state index >= 15 is 0 Å². The van der Waals surface area contributed by atoms with Gasteiger partial charge in [-0.2, -0.15) is 0 Å². The van der Waals surface area contributed by atoms with Gasteiger partial charge in [-0.15, -0.1) is 24.0 Å². The summed E-state index contributed by atoms with van der Waals surface area (Å²) in [5.41, 5.74) is 1.18. The topological polar surface area (TPSA) is 73.8 Å². The van der Waals surface area contributed by atoms with Gasteiger partial charge in [0, 0.05) is 19.6 Å². The van der Waals surface area contributed by atoms with E-state index in [4.69, 9.17) is 4.99 Å². The highest BCUT2D eigenvalue weighted by Crippen LogP contribution is 2.28. The summed E-state index contributed by atoms with van der Waals surface area (Å²) in [5.74, 6) is 0.893. The Balaban J connectivity index is 0.00000312. The molecule has 1 fully saturated rings. The number of sulfonamides is 1. The lowest BCUT2D eigenvalue weighted by Gasteiger charge is -2.23. The Morgan fingerprint density at radius 1 is 1.36 bits per heavy atom. The van der Waals surface area contributed by atoms with Crippen molar-refractivity contribution in [3.63, 3.8) is 0 Å². The molecule has 0 aromatic heterocycles. The molecule has 0 bridgehead atoms. The van der Waals surface area contributed by atoms with Crippen molar-refractivity contribution in [2.24, 2.45) is 10.4 Å². The first-order valence-corrected chi connectivity index (χ1v) is 9.81. The first-order chi connectivity index (χ1) is 11.3. The van der Waals surface area contributed by atoms with Crippen molar-refractivity contribution in [1.29, 1.82) is 0 Å². The van der Waals surface area contributed by atoms with Gasteiger partial charge in [-0.25, -0.2) is 18.1 Å². The Labute approximate surface area is 168 Å². The van der Waals surface area contributed by atoms with Crippen LogP contribution in [0.4, 0.5) is 0 Å². The van der Waals surface area contributed by atoms with Crippen molar-refractivity contribution in [2.45, 2.75) is 38.6 Å². The van der Waals surface area contributed by atoms with Gasteiger partial charge in [0.05, 0.1) is 11.4 Å². The van der Waals surface area contributed by atoms with Crippen molar-refractivity contribution in [1.82, 2.24) is 14.9 Å². The molecule has 0 radical (unpaired) electrons. The molecule has 0 aliphatic carbocycles. The van der Waals surface area contributed by atoms with E-state index in [1.54, 1.807) is 18.2 Å². The fourth-order valence-electron chi connectivity index (χ4n) is 2.81. The van der Waals surface area contributed by atoms with Gasteiger partial charge in [0.15, 0.2) is 5.96 Å². The Bertz CT molecular complexity index is 704. The van der Waals surface area contributed by atoms with Crippen molar-refractivity contribution < 1.29 is 8.42 Å². The zero-order chi connectivity index (χ0) is 17.8. The molecule has 0 spiro atoms. The second-order valence-corrected chi connectivity index (χ2v) is 8.75. The molecule has 6 nitrogen and oxygen atoms in total. The lowest BCUT2D eigenvalue weighted by atomic mass is 9.93. The van der Waals surface area contributed by atoms with E-state index in [9.17, 15) is 8.42 Å². The number of nitrogens with one attached hydrogen (secondary N) is 2. The van der Waals surface area contributed by atoms with Crippen LogP contribution in [-0.4, -0.2) is 46.0 Å². The third-order valence-corrected chi connectivity index (χ3v) is 5.61. The molecule has 1 aromatic rings. The molecular formula is C17H29IN4O2S. The van der Waals surface area contributed by atoms with Crippen LogP contribution in [0.25, 0.3) is 0 Å². The van der Waals surface area contributed by atoms with E-state index in [0.29, 0.717) is 12.0 Å². The largest absolute Gasteiger partial charge is 0.357 e. The highest BCUT2D eigenvalue weighted by Gasteiger charge is 2.30. The molecule has 8 heteroatoms. The summed E-state index contributed by atoms with van der Waals surface area (Å²) in [5, 5.41) is 3.33. The molecule has 1 saturated heterocycles. The van der Waals surface area contributed by atoms with E-state index in [0.717, 1.165) is 37.6 Å². The average Bonchev–Trinajstić information content (AvgIpc) is 2.91. The van der Waals surface area contributed by atoms with Crippen LogP contribution in [0.15, 0.2) is 34.2 Å². The zero-order valence-corrected chi connectivity index (χ0v) is 18.5. The first-order valence-electron chi connectivity index (χ1n) is 8.33. The summed E-state index contributed by atoms with van der Waals surface area (Å²) >= 11 is 0. The SMILES string of the molecule is CCNC(=NCc1cccc(S(=O)(=O)NC)c1)N1CCC(C)(C)C1.I.